The highest BCUT2D eigenvalue weighted by molar-refractivity contribution is 6.21. The van der Waals surface area contributed by atoms with Crippen LogP contribution in [0.2, 0.25) is 0 Å². The number of anilines is 1. The van der Waals surface area contributed by atoms with Crippen LogP contribution in [0.3, 0.4) is 0 Å². The molecule has 4 rings (SSSR count). The molecule has 0 radical (unpaired) electrons. The third-order valence-corrected chi connectivity index (χ3v) is 4.29. The highest BCUT2D eigenvalue weighted by Gasteiger charge is 2.42. The summed E-state index contributed by atoms with van der Waals surface area (Å²) in [4.78, 5) is 53.9. The third kappa shape index (κ3) is 2.43. The average Bonchev–Trinajstić information content (AvgIpc) is 2.87. The van der Waals surface area contributed by atoms with Crippen LogP contribution < -0.4 is 5.32 Å². The van der Waals surface area contributed by atoms with Gasteiger partial charge in [0.2, 0.25) is 5.91 Å². The van der Waals surface area contributed by atoms with Gasteiger partial charge in [-0.2, -0.15) is 0 Å². The molecule has 0 saturated heterocycles. The molecule has 0 fully saturated rings. The minimum atomic E-state index is -1.30. The number of rotatable bonds is 2. The van der Waals surface area contributed by atoms with Gasteiger partial charge in [0.1, 0.15) is 11.7 Å². The Bertz CT molecular complexity index is 952. The molecule has 130 valence electrons. The number of carbonyl (C=O) groups excluding carboxylic acids is 4. The van der Waals surface area contributed by atoms with Crippen molar-refractivity contribution < 1.29 is 28.4 Å². The van der Waals surface area contributed by atoms with E-state index in [2.05, 4.69) is 5.32 Å². The van der Waals surface area contributed by atoms with Gasteiger partial charge in [-0.25, -0.2) is 9.18 Å². The van der Waals surface area contributed by atoms with E-state index in [0.717, 1.165) is 0 Å². The first-order valence-corrected chi connectivity index (χ1v) is 7.74. The van der Waals surface area contributed by atoms with E-state index in [0.29, 0.717) is 16.3 Å². The van der Waals surface area contributed by atoms with E-state index in [1.54, 1.807) is 12.1 Å². The maximum absolute atomic E-state index is 13.4. The molecule has 0 spiro atoms. The van der Waals surface area contributed by atoms with Gasteiger partial charge in [-0.3, -0.25) is 14.4 Å². The standard InChI is InChI=1S/C18H11FN2O5/c19-10-5-6-14-9(7-10)8-13(15(22)20-14)18(25)26-21-16(23)11-3-1-2-4-12(11)17(21)24/h1-7,13H,8H2,(H,20,22). The summed E-state index contributed by atoms with van der Waals surface area (Å²) in [5, 5.41) is 2.84. The highest BCUT2D eigenvalue weighted by Crippen LogP contribution is 2.28. The van der Waals surface area contributed by atoms with E-state index < -0.39 is 35.4 Å². The first-order valence-electron chi connectivity index (χ1n) is 7.74. The number of imide groups is 1. The monoisotopic (exact) mass is 354 g/mol. The Morgan fingerprint density at radius 1 is 1.08 bits per heavy atom. The van der Waals surface area contributed by atoms with Gasteiger partial charge < -0.3 is 10.2 Å². The Kier molecular flexibility index (Phi) is 3.54. The zero-order valence-corrected chi connectivity index (χ0v) is 13.2. The predicted molar refractivity (Wildman–Crippen MR) is 85.3 cm³/mol. The lowest BCUT2D eigenvalue weighted by atomic mass is 9.93. The number of hydrogen-bond acceptors (Lipinski definition) is 5. The molecule has 2 aliphatic heterocycles. The molecule has 1 N–H and O–H groups in total. The molecule has 2 aromatic carbocycles. The van der Waals surface area contributed by atoms with Crippen molar-refractivity contribution in [3.63, 3.8) is 0 Å². The molecule has 8 heteroatoms. The normalized spacial score (nSPS) is 18.3. The summed E-state index contributed by atoms with van der Waals surface area (Å²) in [5.74, 6) is -5.07. The van der Waals surface area contributed by atoms with Gasteiger partial charge >= 0.3 is 5.97 Å². The fraction of sp³-hybridized carbons (Fsp3) is 0.111. The number of benzene rings is 2. The van der Waals surface area contributed by atoms with Crippen LogP contribution in [-0.2, 0) is 20.8 Å². The molecule has 0 aliphatic carbocycles. The molecule has 3 amide bonds. The van der Waals surface area contributed by atoms with Crippen LogP contribution in [0.1, 0.15) is 26.3 Å². The Labute approximate surface area is 146 Å². The van der Waals surface area contributed by atoms with Crippen LogP contribution in [0.5, 0.6) is 0 Å². The van der Waals surface area contributed by atoms with Crippen LogP contribution in [0.25, 0.3) is 0 Å². The molecule has 26 heavy (non-hydrogen) atoms. The van der Waals surface area contributed by atoms with E-state index in [4.69, 9.17) is 4.84 Å². The van der Waals surface area contributed by atoms with E-state index in [9.17, 15) is 23.6 Å². The van der Waals surface area contributed by atoms with Crippen LogP contribution >= 0.6 is 0 Å². The fourth-order valence-corrected chi connectivity index (χ4v) is 2.98. The summed E-state index contributed by atoms with van der Waals surface area (Å²) in [5.41, 5.74) is 1.06. The molecule has 0 aromatic heterocycles. The lowest BCUT2D eigenvalue weighted by Crippen LogP contribution is -2.41. The van der Waals surface area contributed by atoms with E-state index in [-0.39, 0.29) is 17.5 Å². The molecule has 1 atom stereocenters. The smallest absolute Gasteiger partial charge is 0.329 e. The zero-order chi connectivity index (χ0) is 18.4. The van der Waals surface area contributed by atoms with Crippen molar-refractivity contribution in [2.75, 3.05) is 5.32 Å². The van der Waals surface area contributed by atoms with Gasteiger partial charge in [0, 0.05) is 5.69 Å². The number of nitrogens with one attached hydrogen (secondary N) is 1. The van der Waals surface area contributed by atoms with Crippen molar-refractivity contribution in [1.82, 2.24) is 5.06 Å². The van der Waals surface area contributed by atoms with Crippen molar-refractivity contribution in [3.05, 3.63) is 65.0 Å². The number of carbonyl (C=O) groups is 4. The zero-order valence-electron chi connectivity index (χ0n) is 13.2. The van der Waals surface area contributed by atoms with Crippen LogP contribution in [0.4, 0.5) is 10.1 Å². The summed E-state index contributed by atoms with van der Waals surface area (Å²) in [6.45, 7) is 0. The summed E-state index contributed by atoms with van der Waals surface area (Å²) < 4.78 is 13.4. The van der Waals surface area contributed by atoms with Gasteiger partial charge in [0.15, 0.2) is 0 Å². The molecule has 2 aliphatic rings. The van der Waals surface area contributed by atoms with Crippen molar-refractivity contribution >= 4 is 29.4 Å². The summed E-state index contributed by atoms with van der Waals surface area (Å²) in [7, 11) is 0. The number of amides is 3. The number of hydrogen-bond donors (Lipinski definition) is 1. The van der Waals surface area contributed by atoms with E-state index in [1.165, 1.54) is 30.3 Å². The van der Waals surface area contributed by atoms with E-state index in [1.807, 2.05) is 0 Å². The van der Waals surface area contributed by atoms with Crippen LogP contribution in [-0.4, -0.2) is 28.8 Å². The minimum Gasteiger partial charge on any atom is -0.329 e. The van der Waals surface area contributed by atoms with Crippen molar-refractivity contribution in [2.45, 2.75) is 6.42 Å². The lowest BCUT2D eigenvalue weighted by molar-refractivity contribution is -0.174. The Hall–Kier alpha value is -3.55. The SMILES string of the molecule is O=C1Nc2ccc(F)cc2CC1C(=O)ON1C(=O)c2ccccc2C1=O. The van der Waals surface area contributed by atoms with Gasteiger partial charge in [-0.15, -0.1) is 0 Å². The van der Waals surface area contributed by atoms with Crippen LogP contribution in [0, 0.1) is 11.7 Å². The topological polar surface area (TPSA) is 92.8 Å². The minimum absolute atomic E-state index is 0.0963. The van der Waals surface area contributed by atoms with Gasteiger partial charge in [0.25, 0.3) is 11.8 Å². The maximum atomic E-state index is 13.4. The molecule has 2 aromatic rings. The summed E-state index contributed by atoms with van der Waals surface area (Å²) >= 11 is 0. The first kappa shape index (κ1) is 15.9. The van der Waals surface area contributed by atoms with Gasteiger partial charge in [0.05, 0.1) is 11.1 Å². The largest absolute Gasteiger partial charge is 0.345 e. The Morgan fingerprint density at radius 3 is 2.38 bits per heavy atom. The van der Waals surface area contributed by atoms with Gasteiger partial charge in [-0.05, 0) is 42.3 Å². The molecule has 7 nitrogen and oxygen atoms in total. The number of halogens is 1. The van der Waals surface area contributed by atoms with Crippen LogP contribution in [0.15, 0.2) is 42.5 Å². The second-order valence-electron chi connectivity index (χ2n) is 5.91. The first-order chi connectivity index (χ1) is 12.5. The predicted octanol–water partition coefficient (Wildman–Crippen LogP) is 1.69. The molecule has 0 bridgehead atoms. The molecular weight excluding hydrogens is 343 g/mol. The number of hydroxylamine groups is 2. The highest BCUT2D eigenvalue weighted by atomic mass is 19.1. The second kappa shape index (κ2) is 5.76. The maximum Gasteiger partial charge on any atom is 0.345 e. The Balaban J connectivity index is 1.55. The third-order valence-electron chi connectivity index (χ3n) is 4.29. The van der Waals surface area contributed by atoms with E-state index >= 15 is 0 Å². The quantitative estimate of drug-likeness (QED) is 0.654. The van der Waals surface area contributed by atoms with Crippen molar-refractivity contribution in [1.29, 1.82) is 0 Å². The Morgan fingerprint density at radius 2 is 1.73 bits per heavy atom. The average molecular weight is 354 g/mol. The summed E-state index contributed by atoms with van der Waals surface area (Å²) in [6, 6.07) is 9.83. The molecular formula is C18H11FN2O5. The fourth-order valence-electron chi connectivity index (χ4n) is 2.98. The lowest BCUT2D eigenvalue weighted by Gasteiger charge is -2.24. The number of nitrogens with zero attached hydrogens (tertiary/aromatic N) is 1. The summed E-state index contributed by atoms with van der Waals surface area (Å²) in [6.07, 6.45) is -0.0963. The van der Waals surface area contributed by atoms with Gasteiger partial charge in [-0.1, -0.05) is 17.2 Å². The van der Waals surface area contributed by atoms with Crippen molar-refractivity contribution in [3.8, 4) is 0 Å². The second-order valence-corrected chi connectivity index (χ2v) is 5.91. The number of fused-ring (bicyclic) bond motifs is 2. The molecule has 1 unspecified atom stereocenters. The molecule has 0 saturated carbocycles. The molecule has 2 heterocycles. The van der Waals surface area contributed by atoms with Crippen molar-refractivity contribution in [2.24, 2.45) is 5.92 Å².